The molecule has 0 spiro atoms. The van der Waals surface area contributed by atoms with Crippen LogP contribution in [0.15, 0.2) is 0 Å². The zero-order valence-electron chi connectivity index (χ0n) is 11.2. The minimum absolute atomic E-state index is 0. The van der Waals surface area contributed by atoms with E-state index < -0.39 is 0 Å². The summed E-state index contributed by atoms with van der Waals surface area (Å²) in [5.74, 6) is 0. The minimum atomic E-state index is 0. The second-order valence-electron chi connectivity index (χ2n) is 5.34. The summed E-state index contributed by atoms with van der Waals surface area (Å²) in [6.07, 6.45) is 1.34. The molecule has 0 radical (unpaired) electrons. The Morgan fingerprint density at radius 1 is 0.765 bits per heavy atom. The number of nitrogens with zero attached hydrogens (tertiary/aromatic N) is 2. The Morgan fingerprint density at radius 3 is 1.35 bits per heavy atom. The van der Waals surface area contributed by atoms with Gasteiger partial charge in [-0.25, -0.2) is 0 Å². The zero-order chi connectivity index (χ0) is 10.5. The summed E-state index contributed by atoms with van der Waals surface area (Å²) in [4.78, 5) is 0. The first-order chi connectivity index (χ1) is 5.83. The topological polar surface area (TPSA) is 0 Å². The van der Waals surface area contributed by atoms with Crippen LogP contribution in [-0.4, -0.2) is 63.3 Å². The van der Waals surface area contributed by atoms with E-state index in [0.717, 1.165) is 4.48 Å². The second kappa shape index (κ2) is 13.3. The van der Waals surface area contributed by atoms with Gasteiger partial charge in [-0.2, -0.15) is 0 Å². The third-order valence-electron chi connectivity index (χ3n) is 3.05. The van der Waals surface area contributed by atoms with Crippen molar-refractivity contribution in [2.75, 3.05) is 54.4 Å². The summed E-state index contributed by atoms with van der Waals surface area (Å²) < 4.78 is 2.31. The van der Waals surface area contributed by atoms with Crippen LogP contribution >= 0.6 is 0 Å². The van der Waals surface area contributed by atoms with Crippen LogP contribution in [0.4, 0.5) is 0 Å². The molecule has 0 bridgehead atoms. The highest BCUT2D eigenvalue weighted by Crippen LogP contribution is 2.04. The van der Waals surface area contributed by atoms with E-state index in [1.165, 1.54) is 37.1 Å². The number of rotatable bonds is 6. The van der Waals surface area contributed by atoms with E-state index in [0.29, 0.717) is 0 Å². The molecule has 0 aromatic rings. The Balaban J connectivity index is -0.0000000480. The highest BCUT2D eigenvalue weighted by molar-refractivity contribution is 4.37. The quantitative estimate of drug-likeness (QED) is 0.439. The smallest absolute Gasteiger partial charge is 0.0838 e. The van der Waals surface area contributed by atoms with E-state index in [1.54, 1.807) is 0 Å². The summed E-state index contributed by atoms with van der Waals surface area (Å²) in [5.41, 5.74) is 0. The summed E-state index contributed by atoms with van der Waals surface area (Å²) in [5, 5.41) is 0. The largest absolute Gasteiger partial charge is 1.00 e. The third-order valence-corrected chi connectivity index (χ3v) is 3.05. The van der Waals surface area contributed by atoms with Gasteiger partial charge in [0.2, 0.25) is 0 Å². The van der Waals surface area contributed by atoms with Gasteiger partial charge in [0.05, 0.1) is 54.4 Å². The molecule has 0 atom stereocenters. The molecule has 0 aromatic heterocycles. The van der Waals surface area contributed by atoms with Crippen LogP contribution in [0.3, 0.4) is 0 Å². The van der Waals surface area contributed by atoms with E-state index in [1.807, 2.05) is 0 Å². The molecule has 0 unspecified atom stereocenters. The first-order valence-electron chi connectivity index (χ1n) is 5.47. The van der Waals surface area contributed by atoms with Gasteiger partial charge in [-0.1, -0.05) is 14.9 Å². The van der Waals surface area contributed by atoms with Crippen LogP contribution < -0.4 is 34.0 Å². The molecule has 17 heavy (non-hydrogen) atoms. The fraction of sp³-hybridized carbons (Fsp3) is 1.00. The molecule has 0 heterocycles. The van der Waals surface area contributed by atoms with E-state index in [9.17, 15) is 0 Å². The lowest BCUT2D eigenvalue weighted by molar-refractivity contribution is -0.914. The van der Waals surface area contributed by atoms with Crippen LogP contribution in [0.2, 0.25) is 0 Å². The molecule has 4 heteroatoms. The zero-order valence-corrected chi connectivity index (χ0v) is 14.4. The van der Waals surface area contributed by atoms with Crippen molar-refractivity contribution in [3.63, 3.8) is 0 Å². The Labute approximate surface area is 135 Å². The van der Waals surface area contributed by atoms with Crippen molar-refractivity contribution in [3.05, 3.63) is 0 Å². The van der Waals surface area contributed by atoms with Crippen LogP contribution in [0, 0.1) is 0 Å². The molecule has 0 N–H and O–H groups in total. The van der Waals surface area contributed by atoms with Gasteiger partial charge in [0, 0.05) is 9.27 Å². The minimum Gasteiger partial charge on any atom is -1.00 e. The predicted molar refractivity (Wildman–Crippen MR) is 77.3 cm³/mol. The molecule has 0 aliphatic heterocycles. The standard InChI is InChI=1S/C11H28N2.2CH4.2BrH.2H2/c1-7-13(6,8-2)11-9-10-12(3,4)5;;;;;;/h7-11H2,1-6H3;2*1H4;4*1H/q+2;;;;;;/p-2. The van der Waals surface area contributed by atoms with Gasteiger partial charge in [0.25, 0.3) is 0 Å². The van der Waals surface area contributed by atoms with E-state index >= 15 is 0 Å². The van der Waals surface area contributed by atoms with Crippen LogP contribution in [0.5, 0.6) is 0 Å². The van der Waals surface area contributed by atoms with Gasteiger partial charge in [-0.3, -0.25) is 0 Å². The molecule has 2 nitrogen and oxygen atoms in total. The molecule has 0 rings (SSSR count). The third kappa shape index (κ3) is 16.9. The Morgan fingerprint density at radius 2 is 1.12 bits per heavy atom. The van der Waals surface area contributed by atoms with Crippen LogP contribution in [-0.2, 0) is 0 Å². The van der Waals surface area contributed by atoms with Crippen LogP contribution in [0.25, 0.3) is 0 Å². The Hall–Kier alpha value is 0.880. The normalized spacial score (nSPS) is 10.2. The predicted octanol–water partition coefficient (Wildman–Crippen LogP) is -2.66. The fourth-order valence-electron chi connectivity index (χ4n) is 1.47. The Kier molecular flexibility index (Phi) is 24.1. The maximum absolute atomic E-state index is 2.36. The summed E-state index contributed by atoms with van der Waals surface area (Å²) in [6, 6.07) is 0. The molecule has 0 saturated heterocycles. The summed E-state index contributed by atoms with van der Waals surface area (Å²) in [6.45, 7) is 9.70. The van der Waals surface area contributed by atoms with Crippen molar-refractivity contribution in [1.82, 2.24) is 0 Å². The van der Waals surface area contributed by atoms with Gasteiger partial charge >= 0.3 is 0 Å². The van der Waals surface area contributed by atoms with Crippen molar-refractivity contribution in [2.24, 2.45) is 0 Å². The number of hydrogen-bond acceptors (Lipinski definition) is 0. The maximum Gasteiger partial charge on any atom is 0.0838 e. The molecular weight excluding hydrogens is 344 g/mol. The van der Waals surface area contributed by atoms with Gasteiger partial charge in [-0.15, -0.1) is 0 Å². The van der Waals surface area contributed by atoms with Gasteiger partial charge < -0.3 is 42.9 Å². The lowest BCUT2D eigenvalue weighted by Crippen LogP contribution is -3.00. The Bertz CT molecular complexity index is 150. The monoisotopic (exact) mass is 382 g/mol. The molecule has 0 fully saturated rings. The molecule has 0 aromatic carbocycles. The molecule has 0 aliphatic carbocycles. The van der Waals surface area contributed by atoms with Gasteiger partial charge in [-0.05, 0) is 13.8 Å². The SMILES string of the molecule is C.C.CC[N+](C)(CC)CCC[N+](C)(C)C.[Br-].[Br-].[HH].[HH]. The first kappa shape index (κ1) is 30.7. The van der Waals surface area contributed by atoms with Crippen molar-refractivity contribution in [3.8, 4) is 0 Å². The van der Waals surface area contributed by atoms with Gasteiger partial charge in [0.1, 0.15) is 0 Å². The lowest BCUT2D eigenvalue weighted by Gasteiger charge is -2.33. The highest BCUT2D eigenvalue weighted by Gasteiger charge is 2.17. The van der Waals surface area contributed by atoms with Crippen molar-refractivity contribution in [1.29, 1.82) is 0 Å². The van der Waals surface area contributed by atoms with E-state index in [-0.39, 0.29) is 51.7 Å². The van der Waals surface area contributed by atoms with E-state index in [4.69, 9.17) is 0 Å². The summed E-state index contributed by atoms with van der Waals surface area (Å²) in [7, 11) is 9.16. The lowest BCUT2D eigenvalue weighted by atomic mass is 10.3. The van der Waals surface area contributed by atoms with E-state index in [2.05, 4.69) is 42.0 Å². The first-order valence-corrected chi connectivity index (χ1v) is 5.47. The average Bonchev–Trinajstić information content (AvgIpc) is 2.02. The fourth-order valence-corrected chi connectivity index (χ4v) is 1.47. The molecule has 0 saturated carbocycles. The number of quaternary nitrogens is 2. The number of halogens is 2. The molecule has 0 aliphatic rings. The molecule has 116 valence electrons. The molecular formula is C13H40Br2N2. The average molecular weight is 384 g/mol. The molecule has 0 amide bonds. The van der Waals surface area contributed by atoms with Gasteiger partial charge in [0.15, 0.2) is 0 Å². The maximum atomic E-state index is 2.36. The van der Waals surface area contributed by atoms with Crippen molar-refractivity contribution >= 4 is 0 Å². The van der Waals surface area contributed by atoms with Crippen molar-refractivity contribution in [2.45, 2.75) is 35.1 Å². The second-order valence-corrected chi connectivity index (χ2v) is 5.34. The van der Waals surface area contributed by atoms with Crippen LogP contribution in [0.1, 0.15) is 38.0 Å². The number of hydrogen-bond donors (Lipinski definition) is 0. The highest BCUT2D eigenvalue weighted by atomic mass is 79.9. The van der Waals surface area contributed by atoms with Crippen molar-refractivity contribution < 1.29 is 45.8 Å². The summed E-state index contributed by atoms with van der Waals surface area (Å²) >= 11 is 0.